The van der Waals surface area contributed by atoms with Gasteiger partial charge in [-0.1, -0.05) is 43.3 Å². The van der Waals surface area contributed by atoms with Gasteiger partial charge in [0.15, 0.2) is 0 Å². The lowest BCUT2D eigenvalue weighted by molar-refractivity contribution is -0.149. The zero-order valence-corrected chi connectivity index (χ0v) is 12.9. The highest BCUT2D eigenvalue weighted by molar-refractivity contribution is 6.00. The standard InChI is InChI=1S/C18H18N2O3/c1-2-17(21)23-16-11-12-7-3-5-9-14(12)20(18(19)22)15-10-6-4-8-13(15)16/h3-10,16H,2,11H2,1H3,(H2,19,22)/t16-/m0/s1. The highest BCUT2D eigenvalue weighted by atomic mass is 16.5. The Kier molecular flexibility index (Phi) is 4.02. The molecular weight excluding hydrogens is 292 g/mol. The second-order valence-corrected chi connectivity index (χ2v) is 5.40. The van der Waals surface area contributed by atoms with Crippen molar-refractivity contribution >= 4 is 23.4 Å². The van der Waals surface area contributed by atoms with Gasteiger partial charge in [-0.15, -0.1) is 0 Å². The molecule has 5 heteroatoms. The maximum atomic E-state index is 12.1. The van der Waals surface area contributed by atoms with Gasteiger partial charge < -0.3 is 10.5 Å². The fourth-order valence-electron chi connectivity index (χ4n) is 2.89. The van der Waals surface area contributed by atoms with Gasteiger partial charge in [-0.25, -0.2) is 4.79 Å². The molecule has 5 nitrogen and oxygen atoms in total. The molecule has 0 saturated carbocycles. The number of fused-ring (bicyclic) bond motifs is 2. The van der Waals surface area contributed by atoms with E-state index in [1.54, 1.807) is 6.92 Å². The zero-order chi connectivity index (χ0) is 16.4. The van der Waals surface area contributed by atoms with Crippen molar-refractivity contribution < 1.29 is 14.3 Å². The molecule has 2 aromatic carbocycles. The fraction of sp³-hybridized carbons (Fsp3) is 0.222. The third-order valence-electron chi connectivity index (χ3n) is 3.95. The lowest BCUT2D eigenvalue weighted by Crippen LogP contribution is -2.32. The Balaban J connectivity index is 2.18. The van der Waals surface area contributed by atoms with E-state index in [9.17, 15) is 9.59 Å². The van der Waals surface area contributed by atoms with Crippen LogP contribution in [-0.4, -0.2) is 12.0 Å². The number of anilines is 2. The van der Waals surface area contributed by atoms with E-state index in [0.29, 0.717) is 18.5 Å². The molecule has 1 atom stereocenters. The van der Waals surface area contributed by atoms with E-state index >= 15 is 0 Å². The molecule has 2 amide bonds. The molecule has 0 bridgehead atoms. The minimum absolute atomic E-state index is 0.269. The van der Waals surface area contributed by atoms with Crippen LogP contribution >= 0.6 is 0 Å². The molecule has 0 aromatic heterocycles. The van der Waals surface area contributed by atoms with E-state index < -0.39 is 12.1 Å². The van der Waals surface area contributed by atoms with Gasteiger partial charge >= 0.3 is 12.0 Å². The van der Waals surface area contributed by atoms with Crippen LogP contribution in [-0.2, 0) is 16.0 Å². The summed E-state index contributed by atoms with van der Waals surface area (Å²) in [7, 11) is 0. The molecule has 0 aliphatic carbocycles. The Morgan fingerprint density at radius 1 is 1.13 bits per heavy atom. The number of benzene rings is 2. The highest BCUT2D eigenvalue weighted by Gasteiger charge is 2.30. The normalized spacial score (nSPS) is 16.0. The van der Waals surface area contributed by atoms with Crippen molar-refractivity contribution in [3.05, 3.63) is 59.7 Å². The summed E-state index contributed by atoms with van der Waals surface area (Å²) in [5.74, 6) is -0.269. The monoisotopic (exact) mass is 310 g/mol. The fourth-order valence-corrected chi connectivity index (χ4v) is 2.89. The van der Waals surface area contributed by atoms with Gasteiger partial charge in [0.25, 0.3) is 0 Å². The van der Waals surface area contributed by atoms with Gasteiger partial charge in [-0.3, -0.25) is 9.69 Å². The molecule has 0 saturated heterocycles. The van der Waals surface area contributed by atoms with Crippen molar-refractivity contribution in [1.82, 2.24) is 0 Å². The van der Waals surface area contributed by atoms with E-state index in [1.165, 1.54) is 4.90 Å². The molecule has 0 spiro atoms. The molecule has 23 heavy (non-hydrogen) atoms. The van der Waals surface area contributed by atoms with Crippen LogP contribution in [0.5, 0.6) is 0 Å². The number of nitrogens with two attached hydrogens (primary N) is 1. The van der Waals surface area contributed by atoms with Crippen LogP contribution in [0.25, 0.3) is 0 Å². The van der Waals surface area contributed by atoms with Crippen molar-refractivity contribution in [2.45, 2.75) is 25.9 Å². The second-order valence-electron chi connectivity index (χ2n) is 5.40. The lowest BCUT2D eigenvalue weighted by Gasteiger charge is -2.23. The minimum Gasteiger partial charge on any atom is -0.457 e. The Morgan fingerprint density at radius 3 is 2.48 bits per heavy atom. The first-order valence-electron chi connectivity index (χ1n) is 7.57. The number of carbonyl (C=O) groups excluding carboxylic acids is 2. The van der Waals surface area contributed by atoms with Gasteiger partial charge in [0.1, 0.15) is 6.10 Å². The summed E-state index contributed by atoms with van der Waals surface area (Å²) < 4.78 is 5.61. The first-order chi connectivity index (χ1) is 11.1. The molecule has 118 valence electrons. The van der Waals surface area contributed by atoms with Gasteiger partial charge in [0.05, 0.1) is 11.4 Å². The minimum atomic E-state index is -0.563. The summed E-state index contributed by atoms with van der Waals surface area (Å²) in [6.45, 7) is 1.76. The van der Waals surface area contributed by atoms with Gasteiger partial charge in [0, 0.05) is 18.4 Å². The summed E-state index contributed by atoms with van der Waals surface area (Å²) in [6.07, 6.45) is 0.367. The summed E-state index contributed by atoms with van der Waals surface area (Å²) in [5, 5.41) is 0. The number of nitrogens with zero attached hydrogens (tertiary/aromatic N) is 1. The average molecular weight is 310 g/mol. The highest BCUT2D eigenvalue weighted by Crippen LogP contribution is 2.41. The second kappa shape index (κ2) is 6.12. The third kappa shape index (κ3) is 2.77. The van der Waals surface area contributed by atoms with Crippen LogP contribution in [0, 0.1) is 0 Å². The molecule has 0 fully saturated rings. The summed E-state index contributed by atoms with van der Waals surface area (Å²) >= 11 is 0. The van der Waals surface area contributed by atoms with E-state index in [-0.39, 0.29) is 5.97 Å². The van der Waals surface area contributed by atoms with Gasteiger partial charge in [-0.2, -0.15) is 0 Å². The maximum absolute atomic E-state index is 12.1. The number of hydrogen-bond donors (Lipinski definition) is 1. The Labute approximate surface area is 134 Å². The molecule has 3 rings (SSSR count). The van der Waals surface area contributed by atoms with Crippen LogP contribution in [0.3, 0.4) is 0 Å². The van der Waals surface area contributed by atoms with Crippen molar-refractivity contribution in [3.63, 3.8) is 0 Å². The van der Waals surface area contributed by atoms with E-state index in [4.69, 9.17) is 10.5 Å². The predicted molar refractivity (Wildman–Crippen MR) is 87.4 cm³/mol. The molecule has 1 heterocycles. The molecule has 1 aliphatic heterocycles. The number of ether oxygens (including phenoxy) is 1. The SMILES string of the molecule is CCC(=O)O[C@H]1Cc2ccccc2N(C(N)=O)c2ccccc21. The van der Waals surface area contributed by atoms with Crippen molar-refractivity contribution in [2.24, 2.45) is 5.73 Å². The van der Waals surface area contributed by atoms with E-state index in [0.717, 1.165) is 16.8 Å². The Hall–Kier alpha value is -2.82. The number of carbonyl (C=O) groups is 2. The van der Waals surface area contributed by atoms with Crippen LogP contribution < -0.4 is 10.6 Å². The maximum Gasteiger partial charge on any atom is 0.323 e. The predicted octanol–water partition coefficient (Wildman–Crippen LogP) is 3.45. The summed E-state index contributed by atoms with van der Waals surface area (Å²) in [5.41, 5.74) is 8.69. The van der Waals surface area contributed by atoms with Crippen LogP contribution in [0.15, 0.2) is 48.5 Å². The smallest absolute Gasteiger partial charge is 0.323 e. The first-order valence-corrected chi connectivity index (χ1v) is 7.57. The molecule has 0 radical (unpaired) electrons. The zero-order valence-electron chi connectivity index (χ0n) is 12.9. The topological polar surface area (TPSA) is 72.6 Å². The average Bonchev–Trinajstić information content (AvgIpc) is 2.69. The molecule has 2 aromatic rings. The van der Waals surface area contributed by atoms with Crippen molar-refractivity contribution in [1.29, 1.82) is 0 Å². The van der Waals surface area contributed by atoms with Crippen molar-refractivity contribution in [3.8, 4) is 0 Å². The molecule has 2 N–H and O–H groups in total. The Morgan fingerprint density at radius 2 is 1.78 bits per heavy atom. The number of amides is 2. The summed E-state index contributed by atoms with van der Waals surface area (Å²) in [6, 6.07) is 14.3. The number of rotatable bonds is 2. The third-order valence-corrected chi connectivity index (χ3v) is 3.95. The Bertz CT molecular complexity index is 757. The number of esters is 1. The number of hydrogen-bond acceptors (Lipinski definition) is 3. The molecular formula is C18H18N2O3. The summed E-state index contributed by atoms with van der Waals surface area (Å²) in [4.78, 5) is 25.3. The van der Waals surface area contributed by atoms with Gasteiger partial charge in [0.2, 0.25) is 0 Å². The van der Waals surface area contributed by atoms with Crippen LogP contribution in [0.4, 0.5) is 16.2 Å². The lowest BCUT2D eigenvalue weighted by atomic mass is 10.0. The van der Waals surface area contributed by atoms with Crippen LogP contribution in [0.2, 0.25) is 0 Å². The largest absolute Gasteiger partial charge is 0.457 e. The molecule has 0 unspecified atom stereocenters. The molecule has 1 aliphatic rings. The van der Waals surface area contributed by atoms with Crippen molar-refractivity contribution in [2.75, 3.05) is 4.90 Å². The van der Waals surface area contributed by atoms with E-state index in [2.05, 4.69) is 0 Å². The number of para-hydroxylation sites is 2. The number of primary amides is 1. The van der Waals surface area contributed by atoms with Crippen LogP contribution in [0.1, 0.15) is 30.6 Å². The van der Waals surface area contributed by atoms with E-state index in [1.807, 2.05) is 48.5 Å². The van der Waals surface area contributed by atoms with Gasteiger partial charge in [-0.05, 0) is 17.7 Å². The quantitative estimate of drug-likeness (QED) is 0.863. The first kappa shape index (κ1) is 15.1. The number of urea groups is 1.